The summed E-state index contributed by atoms with van der Waals surface area (Å²) in [5.74, 6) is 1.24. The lowest BCUT2D eigenvalue weighted by atomic mass is 10.2. The zero-order valence-corrected chi connectivity index (χ0v) is 10.5. The molecule has 0 saturated carbocycles. The summed E-state index contributed by atoms with van der Waals surface area (Å²) in [6.45, 7) is 2.77. The quantitative estimate of drug-likeness (QED) is 0.837. The molecule has 1 aromatic rings. The number of benzene rings is 1. The summed E-state index contributed by atoms with van der Waals surface area (Å²) in [4.78, 5) is 0. The molecule has 0 aliphatic carbocycles. The van der Waals surface area contributed by atoms with E-state index in [1.807, 2.05) is 12.1 Å². The van der Waals surface area contributed by atoms with Crippen molar-refractivity contribution in [2.75, 3.05) is 12.0 Å². The minimum absolute atomic E-state index is 0.183. The SMILES string of the molecule is CSCC(C)NCc1cccc(Cl)c1O. The first-order chi connectivity index (χ1) is 7.15. The molecule has 0 fully saturated rings. The minimum Gasteiger partial charge on any atom is -0.506 e. The highest BCUT2D eigenvalue weighted by Crippen LogP contribution is 2.26. The van der Waals surface area contributed by atoms with E-state index in [0.717, 1.165) is 11.3 Å². The lowest BCUT2D eigenvalue weighted by Crippen LogP contribution is -2.27. The normalized spacial score (nSPS) is 12.7. The highest BCUT2D eigenvalue weighted by atomic mass is 35.5. The molecule has 0 amide bonds. The van der Waals surface area contributed by atoms with Crippen LogP contribution >= 0.6 is 23.4 Å². The number of thioether (sulfide) groups is 1. The van der Waals surface area contributed by atoms with E-state index in [-0.39, 0.29) is 5.75 Å². The first kappa shape index (κ1) is 12.7. The van der Waals surface area contributed by atoms with Gasteiger partial charge in [-0.2, -0.15) is 11.8 Å². The van der Waals surface area contributed by atoms with Crippen molar-refractivity contribution in [3.8, 4) is 5.75 Å². The van der Waals surface area contributed by atoms with Gasteiger partial charge in [0.1, 0.15) is 5.75 Å². The predicted molar refractivity (Wildman–Crippen MR) is 67.8 cm³/mol. The van der Waals surface area contributed by atoms with Crippen LogP contribution in [0.4, 0.5) is 0 Å². The van der Waals surface area contributed by atoms with Gasteiger partial charge in [-0.1, -0.05) is 23.7 Å². The average molecular weight is 246 g/mol. The van der Waals surface area contributed by atoms with Gasteiger partial charge in [-0.05, 0) is 19.2 Å². The van der Waals surface area contributed by atoms with Crippen molar-refractivity contribution in [2.24, 2.45) is 0 Å². The summed E-state index contributed by atoms with van der Waals surface area (Å²) in [5.41, 5.74) is 0.843. The van der Waals surface area contributed by atoms with E-state index < -0.39 is 0 Å². The fourth-order valence-corrected chi connectivity index (χ4v) is 2.11. The zero-order chi connectivity index (χ0) is 11.3. The fraction of sp³-hybridized carbons (Fsp3) is 0.455. The summed E-state index contributed by atoms with van der Waals surface area (Å²) in [7, 11) is 0. The van der Waals surface area contributed by atoms with Crippen molar-refractivity contribution in [2.45, 2.75) is 19.5 Å². The molecule has 0 heterocycles. The first-order valence-electron chi connectivity index (χ1n) is 4.83. The van der Waals surface area contributed by atoms with Crippen molar-refractivity contribution < 1.29 is 5.11 Å². The Morgan fingerprint density at radius 2 is 2.27 bits per heavy atom. The molecule has 0 saturated heterocycles. The second-order valence-electron chi connectivity index (χ2n) is 3.48. The summed E-state index contributed by atoms with van der Waals surface area (Å²) in [5, 5.41) is 13.4. The van der Waals surface area contributed by atoms with E-state index in [4.69, 9.17) is 11.6 Å². The van der Waals surface area contributed by atoms with Crippen LogP contribution in [0.1, 0.15) is 12.5 Å². The standard InChI is InChI=1S/C11H16ClNOS/c1-8(7-15-2)13-6-9-4-3-5-10(12)11(9)14/h3-5,8,13-14H,6-7H2,1-2H3. The monoisotopic (exact) mass is 245 g/mol. The van der Waals surface area contributed by atoms with Gasteiger partial charge in [-0.15, -0.1) is 0 Å². The van der Waals surface area contributed by atoms with Crippen LogP contribution in [0.3, 0.4) is 0 Å². The topological polar surface area (TPSA) is 32.3 Å². The largest absolute Gasteiger partial charge is 0.506 e. The maximum atomic E-state index is 9.66. The highest BCUT2D eigenvalue weighted by molar-refractivity contribution is 7.98. The number of halogens is 1. The number of hydrogen-bond acceptors (Lipinski definition) is 3. The molecule has 0 spiro atoms. The third-order valence-corrected chi connectivity index (χ3v) is 3.27. The Morgan fingerprint density at radius 1 is 1.53 bits per heavy atom. The Bertz CT molecular complexity index is 319. The molecule has 2 nitrogen and oxygen atoms in total. The summed E-state index contributed by atoms with van der Waals surface area (Å²) in [6.07, 6.45) is 2.08. The maximum absolute atomic E-state index is 9.66. The van der Waals surface area contributed by atoms with Gasteiger partial charge in [0.05, 0.1) is 5.02 Å². The maximum Gasteiger partial charge on any atom is 0.138 e. The molecule has 0 aliphatic rings. The Morgan fingerprint density at radius 3 is 2.93 bits per heavy atom. The second kappa shape index (κ2) is 6.26. The third-order valence-electron chi connectivity index (χ3n) is 2.13. The number of hydrogen-bond donors (Lipinski definition) is 2. The van der Waals surface area contributed by atoms with Gasteiger partial charge in [0.2, 0.25) is 0 Å². The smallest absolute Gasteiger partial charge is 0.138 e. The summed E-state index contributed by atoms with van der Waals surface area (Å²) in [6, 6.07) is 5.84. The van der Waals surface area contributed by atoms with Crippen molar-refractivity contribution in [3.05, 3.63) is 28.8 Å². The summed E-state index contributed by atoms with van der Waals surface area (Å²) < 4.78 is 0. The predicted octanol–water partition coefficient (Wildman–Crippen LogP) is 2.89. The highest BCUT2D eigenvalue weighted by Gasteiger charge is 2.06. The molecule has 1 unspecified atom stereocenters. The van der Waals surface area contributed by atoms with Gasteiger partial charge < -0.3 is 10.4 Å². The molecule has 1 aromatic carbocycles. The van der Waals surface area contributed by atoms with Gasteiger partial charge in [0.15, 0.2) is 0 Å². The number of phenols is 1. The lowest BCUT2D eigenvalue weighted by Gasteiger charge is -2.13. The zero-order valence-electron chi connectivity index (χ0n) is 8.96. The lowest BCUT2D eigenvalue weighted by molar-refractivity contribution is 0.462. The molecular formula is C11H16ClNOS. The number of phenolic OH excluding ortho intramolecular Hbond substituents is 1. The second-order valence-corrected chi connectivity index (χ2v) is 4.80. The first-order valence-corrected chi connectivity index (χ1v) is 6.61. The van der Waals surface area contributed by atoms with Crippen molar-refractivity contribution in [1.29, 1.82) is 0 Å². The van der Waals surface area contributed by atoms with E-state index in [0.29, 0.717) is 17.6 Å². The van der Waals surface area contributed by atoms with Crippen LogP contribution in [-0.2, 0) is 6.54 Å². The molecular weight excluding hydrogens is 230 g/mol. The van der Waals surface area contributed by atoms with E-state index in [9.17, 15) is 5.11 Å². The van der Waals surface area contributed by atoms with E-state index in [2.05, 4.69) is 18.5 Å². The average Bonchev–Trinajstić information content (AvgIpc) is 2.21. The molecule has 1 rings (SSSR count). The van der Waals surface area contributed by atoms with Crippen molar-refractivity contribution in [1.82, 2.24) is 5.32 Å². The molecule has 0 aromatic heterocycles. The Labute approximate surface area is 100 Å². The number of aromatic hydroxyl groups is 1. The van der Waals surface area contributed by atoms with Crippen LogP contribution in [0.15, 0.2) is 18.2 Å². The van der Waals surface area contributed by atoms with Gasteiger partial charge >= 0.3 is 0 Å². The number of para-hydroxylation sites is 1. The molecule has 4 heteroatoms. The van der Waals surface area contributed by atoms with Gasteiger partial charge in [-0.3, -0.25) is 0 Å². The third kappa shape index (κ3) is 3.93. The Kier molecular flexibility index (Phi) is 5.29. The van der Waals surface area contributed by atoms with Gasteiger partial charge in [0.25, 0.3) is 0 Å². The minimum atomic E-state index is 0.183. The molecule has 84 valence electrons. The van der Waals surface area contributed by atoms with Crippen LogP contribution in [0.2, 0.25) is 5.02 Å². The number of rotatable bonds is 5. The van der Waals surface area contributed by atoms with E-state index >= 15 is 0 Å². The van der Waals surface area contributed by atoms with Crippen molar-refractivity contribution in [3.63, 3.8) is 0 Å². The van der Waals surface area contributed by atoms with E-state index in [1.54, 1.807) is 17.8 Å². The molecule has 2 N–H and O–H groups in total. The fourth-order valence-electron chi connectivity index (χ4n) is 1.30. The van der Waals surface area contributed by atoms with Crippen molar-refractivity contribution >= 4 is 23.4 Å². The molecule has 0 bridgehead atoms. The Balaban J connectivity index is 2.54. The summed E-state index contributed by atoms with van der Waals surface area (Å²) >= 11 is 7.61. The molecule has 15 heavy (non-hydrogen) atoms. The van der Waals surface area contributed by atoms with Gasteiger partial charge in [-0.25, -0.2) is 0 Å². The molecule has 1 atom stereocenters. The van der Waals surface area contributed by atoms with Crippen LogP contribution in [0.25, 0.3) is 0 Å². The van der Waals surface area contributed by atoms with Crippen LogP contribution < -0.4 is 5.32 Å². The number of nitrogens with one attached hydrogen (secondary N) is 1. The van der Waals surface area contributed by atoms with Crippen LogP contribution in [0.5, 0.6) is 5.75 Å². The Hall–Kier alpha value is -0.380. The van der Waals surface area contributed by atoms with Gasteiger partial charge in [0, 0.05) is 23.9 Å². The van der Waals surface area contributed by atoms with E-state index in [1.165, 1.54) is 0 Å². The molecule has 0 radical (unpaired) electrons. The van der Waals surface area contributed by atoms with Crippen LogP contribution in [0, 0.1) is 0 Å². The van der Waals surface area contributed by atoms with Crippen LogP contribution in [-0.4, -0.2) is 23.2 Å². The molecule has 0 aliphatic heterocycles.